The molecule has 2 atom stereocenters. The van der Waals surface area contributed by atoms with E-state index in [-0.39, 0.29) is 11.8 Å². The predicted octanol–water partition coefficient (Wildman–Crippen LogP) is 2.42. The monoisotopic (exact) mass is 213 g/mol. The quantitative estimate of drug-likeness (QED) is 0.833. The van der Waals surface area contributed by atoms with Crippen molar-refractivity contribution in [2.45, 2.75) is 12.3 Å². The number of hydrogen-bond acceptors (Lipinski definition) is 2. The summed E-state index contributed by atoms with van der Waals surface area (Å²) in [5.41, 5.74) is 2.08. The minimum absolute atomic E-state index is 0.186. The number of benzene rings is 1. The van der Waals surface area contributed by atoms with Crippen molar-refractivity contribution in [3.8, 4) is 0 Å². The Morgan fingerprint density at radius 3 is 3.00 bits per heavy atom. The van der Waals surface area contributed by atoms with E-state index in [0.29, 0.717) is 0 Å². The number of hydrogen-bond donors (Lipinski definition) is 1. The van der Waals surface area contributed by atoms with Crippen LogP contribution in [0.2, 0.25) is 0 Å². The number of rotatable bonds is 2. The third kappa shape index (κ3) is 1.45. The third-order valence-corrected chi connectivity index (χ3v) is 3.16. The molecule has 0 bridgehead atoms. The van der Waals surface area contributed by atoms with Crippen molar-refractivity contribution in [1.29, 1.82) is 0 Å². The second-order valence-corrected chi connectivity index (χ2v) is 4.24. The predicted molar refractivity (Wildman–Crippen MR) is 60.2 cm³/mol. The van der Waals surface area contributed by atoms with Crippen molar-refractivity contribution in [2.24, 2.45) is 5.92 Å². The number of fused-ring (bicyclic) bond motifs is 1. The molecule has 1 aromatic heterocycles. The first-order valence-electron chi connectivity index (χ1n) is 5.33. The SMILES string of the molecule is O=C(O)[C@H]1C[C@@H]1c1ccc2ncccc2c1. The number of carbonyl (C=O) groups is 1. The van der Waals surface area contributed by atoms with E-state index >= 15 is 0 Å². The van der Waals surface area contributed by atoms with E-state index in [2.05, 4.69) is 11.1 Å². The molecule has 0 spiro atoms. The van der Waals surface area contributed by atoms with Crippen LogP contribution >= 0.6 is 0 Å². The van der Waals surface area contributed by atoms with Gasteiger partial charge in [0.1, 0.15) is 0 Å². The van der Waals surface area contributed by atoms with Crippen LogP contribution in [0.15, 0.2) is 36.5 Å². The highest BCUT2D eigenvalue weighted by Gasteiger charge is 2.44. The average molecular weight is 213 g/mol. The molecule has 80 valence electrons. The van der Waals surface area contributed by atoms with E-state index in [9.17, 15) is 4.79 Å². The Morgan fingerprint density at radius 2 is 2.25 bits per heavy atom. The van der Waals surface area contributed by atoms with E-state index in [1.807, 2.05) is 24.3 Å². The van der Waals surface area contributed by atoms with Gasteiger partial charge in [-0.25, -0.2) is 0 Å². The van der Waals surface area contributed by atoms with Gasteiger partial charge in [-0.05, 0) is 36.1 Å². The fraction of sp³-hybridized carbons (Fsp3) is 0.231. The molecule has 1 heterocycles. The molecule has 3 nitrogen and oxygen atoms in total. The molecule has 3 rings (SSSR count). The molecule has 0 radical (unpaired) electrons. The summed E-state index contributed by atoms with van der Waals surface area (Å²) < 4.78 is 0. The molecule has 0 amide bonds. The molecule has 1 N–H and O–H groups in total. The van der Waals surface area contributed by atoms with Crippen LogP contribution in [0.1, 0.15) is 17.9 Å². The van der Waals surface area contributed by atoms with Crippen LogP contribution < -0.4 is 0 Å². The summed E-state index contributed by atoms with van der Waals surface area (Å²) in [7, 11) is 0. The molecule has 1 aromatic carbocycles. The van der Waals surface area contributed by atoms with Gasteiger partial charge in [0.2, 0.25) is 0 Å². The first kappa shape index (κ1) is 9.33. The van der Waals surface area contributed by atoms with Crippen LogP contribution in [0.5, 0.6) is 0 Å². The summed E-state index contributed by atoms with van der Waals surface area (Å²) in [6.07, 6.45) is 2.53. The molecule has 0 unspecified atom stereocenters. The number of aromatic nitrogens is 1. The normalized spacial score (nSPS) is 23.2. The van der Waals surface area contributed by atoms with Gasteiger partial charge in [0.15, 0.2) is 0 Å². The van der Waals surface area contributed by atoms with Gasteiger partial charge < -0.3 is 5.11 Å². The van der Waals surface area contributed by atoms with Crippen molar-refractivity contribution >= 4 is 16.9 Å². The minimum Gasteiger partial charge on any atom is -0.481 e. The highest BCUT2D eigenvalue weighted by atomic mass is 16.4. The molecule has 0 aliphatic heterocycles. The summed E-state index contributed by atoms with van der Waals surface area (Å²) in [6.45, 7) is 0. The molecule has 3 heteroatoms. The molecule has 1 saturated carbocycles. The standard InChI is InChI=1S/C13H11NO2/c15-13(16)11-7-10(11)8-3-4-12-9(6-8)2-1-5-14-12/h1-6,10-11H,7H2,(H,15,16)/t10-,11+/m1/s1. The van der Waals surface area contributed by atoms with Crippen LogP contribution in [0, 0.1) is 5.92 Å². The zero-order valence-corrected chi connectivity index (χ0v) is 8.63. The lowest BCUT2D eigenvalue weighted by Gasteiger charge is -2.01. The highest BCUT2D eigenvalue weighted by Crippen LogP contribution is 2.47. The van der Waals surface area contributed by atoms with Crippen LogP contribution in [-0.4, -0.2) is 16.1 Å². The fourth-order valence-corrected chi connectivity index (χ4v) is 2.16. The third-order valence-electron chi connectivity index (χ3n) is 3.16. The van der Waals surface area contributed by atoms with Gasteiger partial charge in [0.25, 0.3) is 0 Å². The first-order valence-corrected chi connectivity index (χ1v) is 5.33. The molecular formula is C13H11NO2. The van der Waals surface area contributed by atoms with Crippen LogP contribution in [0.3, 0.4) is 0 Å². The lowest BCUT2D eigenvalue weighted by molar-refractivity contribution is -0.138. The Bertz CT molecular complexity index is 565. The largest absolute Gasteiger partial charge is 0.481 e. The van der Waals surface area contributed by atoms with Crippen LogP contribution in [0.25, 0.3) is 10.9 Å². The highest BCUT2D eigenvalue weighted by molar-refractivity contribution is 5.80. The van der Waals surface area contributed by atoms with Gasteiger partial charge in [-0.2, -0.15) is 0 Å². The number of nitrogens with zero attached hydrogens (tertiary/aromatic N) is 1. The Labute approximate surface area is 92.7 Å². The molecule has 2 aromatic rings. The van der Waals surface area contributed by atoms with Crippen molar-refractivity contribution < 1.29 is 9.90 Å². The summed E-state index contributed by atoms with van der Waals surface area (Å²) >= 11 is 0. The first-order chi connectivity index (χ1) is 7.75. The van der Waals surface area contributed by atoms with Crippen LogP contribution in [0.4, 0.5) is 0 Å². The summed E-state index contributed by atoms with van der Waals surface area (Å²) in [4.78, 5) is 15.0. The van der Waals surface area contributed by atoms with E-state index in [1.165, 1.54) is 0 Å². The van der Waals surface area contributed by atoms with E-state index in [1.54, 1.807) is 6.20 Å². The van der Waals surface area contributed by atoms with E-state index < -0.39 is 5.97 Å². The van der Waals surface area contributed by atoms with Gasteiger partial charge in [-0.3, -0.25) is 9.78 Å². The van der Waals surface area contributed by atoms with Crippen molar-refractivity contribution in [1.82, 2.24) is 4.98 Å². The van der Waals surface area contributed by atoms with Gasteiger partial charge in [0.05, 0.1) is 11.4 Å². The van der Waals surface area contributed by atoms with Crippen LogP contribution in [-0.2, 0) is 4.79 Å². The number of pyridine rings is 1. The zero-order valence-electron chi connectivity index (χ0n) is 8.63. The van der Waals surface area contributed by atoms with Gasteiger partial charge >= 0.3 is 5.97 Å². The maximum absolute atomic E-state index is 10.8. The van der Waals surface area contributed by atoms with Gasteiger partial charge in [-0.15, -0.1) is 0 Å². The number of carboxylic acid groups (broad SMARTS) is 1. The van der Waals surface area contributed by atoms with E-state index in [0.717, 1.165) is 22.9 Å². The fourth-order valence-electron chi connectivity index (χ4n) is 2.16. The smallest absolute Gasteiger partial charge is 0.307 e. The Hall–Kier alpha value is -1.90. The Morgan fingerprint density at radius 1 is 1.38 bits per heavy atom. The molecule has 1 aliphatic rings. The maximum Gasteiger partial charge on any atom is 0.307 e. The topological polar surface area (TPSA) is 50.2 Å². The van der Waals surface area contributed by atoms with Gasteiger partial charge in [-0.1, -0.05) is 12.1 Å². The lowest BCUT2D eigenvalue weighted by atomic mass is 10.1. The Balaban J connectivity index is 1.98. The minimum atomic E-state index is -0.684. The summed E-state index contributed by atoms with van der Waals surface area (Å²) in [6, 6.07) is 9.90. The average Bonchev–Trinajstić information content (AvgIpc) is 3.08. The number of carboxylic acids is 1. The second-order valence-electron chi connectivity index (χ2n) is 4.24. The van der Waals surface area contributed by atoms with Crippen molar-refractivity contribution in [3.63, 3.8) is 0 Å². The maximum atomic E-state index is 10.8. The summed E-state index contributed by atoms with van der Waals surface area (Å²) in [5, 5.41) is 9.97. The van der Waals surface area contributed by atoms with Crippen molar-refractivity contribution in [2.75, 3.05) is 0 Å². The molecule has 16 heavy (non-hydrogen) atoms. The number of aliphatic carboxylic acids is 1. The molecule has 1 aliphatic carbocycles. The second kappa shape index (κ2) is 3.30. The summed E-state index contributed by atoms with van der Waals surface area (Å²) in [5.74, 6) is -0.674. The Kier molecular flexibility index (Phi) is 1.93. The molecular weight excluding hydrogens is 202 g/mol. The van der Waals surface area contributed by atoms with Gasteiger partial charge in [0, 0.05) is 11.6 Å². The molecule has 0 saturated heterocycles. The van der Waals surface area contributed by atoms with Crippen molar-refractivity contribution in [3.05, 3.63) is 42.1 Å². The lowest BCUT2D eigenvalue weighted by Crippen LogP contribution is -1.98. The van der Waals surface area contributed by atoms with E-state index in [4.69, 9.17) is 5.11 Å². The zero-order chi connectivity index (χ0) is 11.1. The molecule has 1 fully saturated rings.